The number of likely N-dealkylation sites (N-methyl/N-ethyl adjacent to an activating group) is 1. The molecule has 0 aromatic heterocycles. The Morgan fingerprint density at radius 3 is 1.91 bits per heavy atom. The van der Waals surface area contributed by atoms with Crippen LogP contribution in [0, 0.1) is 5.92 Å². The molecule has 0 aliphatic carbocycles. The predicted molar refractivity (Wildman–Crippen MR) is 160 cm³/mol. The van der Waals surface area contributed by atoms with Crippen LogP contribution in [0.1, 0.15) is 31.9 Å². The summed E-state index contributed by atoms with van der Waals surface area (Å²) in [5.41, 5.74) is 1.27. The summed E-state index contributed by atoms with van der Waals surface area (Å²) in [5, 5.41) is 47.2. The number of carbonyl (C=O) groups excluding carboxylic acids is 3. The number of rotatable bonds is 14. The number of nitrogens with one attached hydrogen (secondary N) is 3. The van der Waals surface area contributed by atoms with E-state index in [-0.39, 0.29) is 33.8 Å². The third kappa shape index (κ3) is 10.4. The highest BCUT2D eigenvalue weighted by atomic mass is 35.5. The first-order valence-corrected chi connectivity index (χ1v) is 14.2. The average molecular weight is 622 g/mol. The van der Waals surface area contributed by atoms with Crippen LogP contribution in [0.3, 0.4) is 0 Å². The second-order valence-electron chi connectivity index (χ2n) is 11.8. The van der Waals surface area contributed by atoms with E-state index in [0.29, 0.717) is 11.1 Å². The van der Waals surface area contributed by atoms with E-state index in [2.05, 4.69) is 16.0 Å². The van der Waals surface area contributed by atoms with Gasteiger partial charge in [-0.1, -0.05) is 43.6 Å². The predicted octanol–water partition coefficient (Wildman–Crippen LogP) is 1.19. The normalized spacial score (nSPS) is 15.1. The number of aliphatic carboxylic acids is 1. The Hall–Kier alpha value is -3.87. The van der Waals surface area contributed by atoms with Crippen molar-refractivity contribution < 1.29 is 44.1 Å². The number of hydrogen-bond donors (Lipinski definition) is 7. The zero-order valence-electron chi connectivity index (χ0n) is 25.2. The van der Waals surface area contributed by atoms with Gasteiger partial charge in [0.1, 0.15) is 29.6 Å². The minimum absolute atomic E-state index is 0.00998. The SMILES string of the molecule is CC(C)C(O)C(NC(=O)[C@H](Cc1ccc(O)cc1)NC(=O)C(Cc1ccc(O)c(Cl)c1)[N+](C)(C)C)C(=O)N[C@@H](C)C(=O)O. The Labute approximate surface area is 256 Å². The molecule has 7 N–H and O–H groups in total. The number of benzene rings is 2. The molecule has 0 radical (unpaired) electrons. The number of carboxylic acids is 1. The van der Waals surface area contributed by atoms with Crippen molar-refractivity contribution in [3.8, 4) is 11.5 Å². The van der Waals surface area contributed by atoms with Crippen molar-refractivity contribution in [2.24, 2.45) is 5.92 Å². The van der Waals surface area contributed by atoms with Crippen LogP contribution in [0.4, 0.5) is 0 Å². The van der Waals surface area contributed by atoms with Gasteiger partial charge in [-0.15, -0.1) is 0 Å². The first-order chi connectivity index (χ1) is 19.9. The van der Waals surface area contributed by atoms with Gasteiger partial charge in [0.2, 0.25) is 11.8 Å². The molecule has 0 fully saturated rings. The maximum atomic E-state index is 13.8. The molecule has 2 rings (SSSR count). The third-order valence-electron chi connectivity index (χ3n) is 7.02. The van der Waals surface area contributed by atoms with Crippen molar-refractivity contribution in [1.82, 2.24) is 16.0 Å². The van der Waals surface area contributed by atoms with E-state index >= 15 is 0 Å². The minimum Gasteiger partial charge on any atom is -0.508 e. The lowest BCUT2D eigenvalue weighted by Gasteiger charge is -2.34. The van der Waals surface area contributed by atoms with Crippen LogP contribution in [0.25, 0.3) is 0 Å². The van der Waals surface area contributed by atoms with Gasteiger partial charge < -0.3 is 40.9 Å². The lowest BCUT2D eigenvalue weighted by atomic mass is 9.97. The highest BCUT2D eigenvalue weighted by molar-refractivity contribution is 6.32. The van der Waals surface area contributed by atoms with Crippen molar-refractivity contribution in [2.75, 3.05) is 21.1 Å². The molecule has 43 heavy (non-hydrogen) atoms. The summed E-state index contributed by atoms with van der Waals surface area (Å²) in [4.78, 5) is 51.7. The molecule has 0 aliphatic heterocycles. The lowest BCUT2D eigenvalue weighted by molar-refractivity contribution is -0.886. The van der Waals surface area contributed by atoms with Crippen molar-refractivity contribution in [2.45, 2.75) is 63.9 Å². The fourth-order valence-corrected chi connectivity index (χ4v) is 4.48. The molecule has 5 atom stereocenters. The van der Waals surface area contributed by atoms with Gasteiger partial charge in [0.25, 0.3) is 5.91 Å². The van der Waals surface area contributed by atoms with E-state index in [4.69, 9.17) is 11.6 Å². The van der Waals surface area contributed by atoms with Crippen molar-refractivity contribution in [1.29, 1.82) is 0 Å². The van der Waals surface area contributed by atoms with Gasteiger partial charge in [0, 0.05) is 12.8 Å². The number of halogens is 1. The van der Waals surface area contributed by atoms with E-state index in [1.54, 1.807) is 38.1 Å². The number of aromatic hydroxyl groups is 2. The standard InChI is InChI=1S/C30H41ClN4O8/c1-16(2)26(38)25(29(41)32-17(3)30(42)43)34-27(39)22(14-18-7-10-20(36)11-8-18)33-28(40)23(35(4,5)6)15-19-9-12-24(37)21(31)13-19/h7-13,16-17,22-23,25-26,38H,14-15H2,1-6H3,(H5-,32,33,34,36,37,39,40,41,42,43)/p+1/t17-,22-,23?,25?,26?/m0/s1. The monoisotopic (exact) mass is 621 g/mol. The van der Waals surface area contributed by atoms with Crippen LogP contribution >= 0.6 is 11.6 Å². The average Bonchev–Trinajstić information content (AvgIpc) is 2.91. The smallest absolute Gasteiger partial charge is 0.325 e. The number of amides is 3. The summed E-state index contributed by atoms with van der Waals surface area (Å²) in [6, 6.07) is 5.93. The molecular formula is C30H42ClN4O8+. The molecule has 0 spiro atoms. The quantitative estimate of drug-likeness (QED) is 0.153. The van der Waals surface area contributed by atoms with E-state index in [0.717, 1.165) is 0 Å². The van der Waals surface area contributed by atoms with Gasteiger partial charge in [-0.3, -0.25) is 19.2 Å². The molecular weight excluding hydrogens is 580 g/mol. The summed E-state index contributed by atoms with van der Waals surface area (Å²) in [6.07, 6.45) is -1.18. The number of quaternary nitrogens is 1. The van der Waals surface area contributed by atoms with E-state index < -0.39 is 59.9 Å². The molecule has 0 bridgehead atoms. The Bertz CT molecular complexity index is 1300. The number of hydrogen-bond acceptors (Lipinski definition) is 7. The highest BCUT2D eigenvalue weighted by Crippen LogP contribution is 2.25. The van der Waals surface area contributed by atoms with E-state index in [1.807, 2.05) is 21.1 Å². The summed E-state index contributed by atoms with van der Waals surface area (Å²) in [7, 11) is 5.43. The number of aliphatic hydroxyl groups excluding tert-OH is 1. The van der Waals surface area contributed by atoms with Crippen LogP contribution in [0.2, 0.25) is 5.02 Å². The van der Waals surface area contributed by atoms with Crippen LogP contribution in [-0.4, -0.2) is 100 Å². The Morgan fingerprint density at radius 2 is 1.40 bits per heavy atom. The fourth-order valence-electron chi connectivity index (χ4n) is 4.27. The van der Waals surface area contributed by atoms with Crippen molar-refractivity contribution in [3.63, 3.8) is 0 Å². The van der Waals surface area contributed by atoms with E-state index in [1.165, 1.54) is 25.1 Å². The van der Waals surface area contributed by atoms with Gasteiger partial charge in [0.15, 0.2) is 6.04 Å². The first-order valence-electron chi connectivity index (χ1n) is 13.8. The second-order valence-corrected chi connectivity index (χ2v) is 12.3. The zero-order chi connectivity index (χ0) is 32.6. The third-order valence-corrected chi connectivity index (χ3v) is 7.32. The Morgan fingerprint density at radius 1 is 0.814 bits per heavy atom. The molecule has 236 valence electrons. The minimum atomic E-state index is -1.51. The number of phenolic OH excluding ortho intramolecular Hbond substituents is 2. The molecule has 0 heterocycles. The molecule has 0 aliphatic rings. The summed E-state index contributed by atoms with van der Waals surface area (Å²) in [5.74, 6) is -4.03. The summed E-state index contributed by atoms with van der Waals surface area (Å²) < 4.78 is 0.169. The lowest BCUT2D eigenvalue weighted by Crippen LogP contribution is -2.62. The van der Waals surface area contributed by atoms with Crippen LogP contribution < -0.4 is 16.0 Å². The summed E-state index contributed by atoms with van der Waals surface area (Å²) >= 11 is 6.08. The van der Waals surface area contributed by atoms with Gasteiger partial charge >= 0.3 is 5.97 Å². The summed E-state index contributed by atoms with van der Waals surface area (Å²) in [6.45, 7) is 4.52. The Kier molecular flexibility index (Phi) is 12.4. The first kappa shape index (κ1) is 35.3. The molecule has 2 aromatic carbocycles. The maximum Gasteiger partial charge on any atom is 0.325 e. The highest BCUT2D eigenvalue weighted by Gasteiger charge is 2.37. The van der Waals surface area contributed by atoms with Crippen molar-refractivity contribution >= 4 is 35.3 Å². The maximum absolute atomic E-state index is 13.8. The molecule has 2 aromatic rings. The van der Waals surface area contributed by atoms with Crippen LogP contribution in [0.15, 0.2) is 42.5 Å². The topological polar surface area (TPSA) is 185 Å². The molecule has 0 saturated heterocycles. The number of carboxylic acid groups (broad SMARTS) is 1. The molecule has 3 amide bonds. The van der Waals surface area contributed by atoms with Crippen LogP contribution in [0.5, 0.6) is 11.5 Å². The number of phenols is 2. The molecule has 13 heteroatoms. The fraction of sp³-hybridized carbons (Fsp3) is 0.467. The van der Waals surface area contributed by atoms with Crippen LogP contribution in [-0.2, 0) is 32.0 Å². The Balaban J connectivity index is 2.41. The van der Waals surface area contributed by atoms with Gasteiger partial charge in [-0.25, -0.2) is 0 Å². The molecule has 0 saturated carbocycles. The number of aliphatic hydroxyl groups is 1. The van der Waals surface area contributed by atoms with Crippen molar-refractivity contribution in [3.05, 3.63) is 58.6 Å². The van der Waals surface area contributed by atoms with Gasteiger partial charge in [0.05, 0.1) is 32.3 Å². The largest absolute Gasteiger partial charge is 0.508 e. The van der Waals surface area contributed by atoms with E-state index in [9.17, 15) is 39.6 Å². The van der Waals surface area contributed by atoms with Gasteiger partial charge in [-0.2, -0.15) is 0 Å². The zero-order valence-corrected chi connectivity index (χ0v) is 25.9. The molecule has 3 unspecified atom stereocenters. The number of carbonyl (C=O) groups is 4. The van der Waals surface area contributed by atoms with Gasteiger partial charge in [-0.05, 0) is 48.2 Å². The molecule has 12 nitrogen and oxygen atoms in total. The second kappa shape index (κ2) is 15.0. The number of nitrogens with zero attached hydrogens (tertiary/aromatic N) is 1.